The van der Waals surface area contributed by atoms with E-state index in [0.717, 1.165) is 5.56 Å². The molecule has 0 saturated heterocycles. The number of amides is 1. The minimum absolute atomic E-state index is 0.178. The summed E-state index contributed by atoms with van der Waals surface area (Å²) in [6.07, 6.45) is -0.178. The van der Waals surface area contributed by atoms with Crippen molar-refractivity contribution >= 4 is 11.9 Å². The van der Waals surface area contributed by atoms with E-state index in [9.17, 15) is 9.59 Å². The minimum Gasteiger partial charge on any atom is -0.481 e. The lowest BCUT2D eigenvalue weighted by Crippen LogP contribution is -2.30. The van der Waals surface area contributed by atoms with Gasteiger partial charge in [-0.25, -0.2) is 0 Å². The molecule has 2 rings (SSSR count). The fraction of sp³-hybridized carbons (Fsp3) is 0.368. The molecular weight excluding hydrogens is 306 g/mol. The summed E-state index contributed by atoms with van der Waals surface area (Å²) in [5.74, 6) is 0.267. The molecule has 5 heteroatoms. The first kappa shape index (κ1) is 17.8. The van der Waals surface area contributed by atoms with Gasteiger partial charge in [0.15, 0.2) is 0 Å². The number of hydrogen-bond donors (Lipinski definition) is 2. The SMILES string of the molecule is Cc1cc(C(=O)NC(CC(=O)O)c2ccc(C(C)C)cc2)c(C)o1. The van der Waals surface area contributed by atoms with Crippen molar-refractivity contribution in [3.8, 4) is 0 Å². The summed E-state index contributed by atoms with van der Waals surface area (Å²) in [5, 5.41) is 12.0. The van der Waals surface area contributed by atoms with Gasteiger partial charge in [0.05, 0.1) is 18.0 Å². The van der Waals surface area contributed by atoms with Gasteiger partial charge >= 0.3 is 5.97 Å². The maximum atomic E-state index is 12.5. The largest absolute Gasteiger partial charge is 0.481 e. The molecule has 2 aromatic rings. The molecule has 1 aromatic carbocycles. The molecule has 1 aromatic heterocycles. The Morgan fingerprint density at radius 2 is 1.71 bits per heavy atom. The molecule has 0 radical (unpaired) electrons. The van der Waals surface area contributed by atoms with Crippen LogP contribution in [-0.2, 0) is 4.79 Å². The molecule has 128 valence electrons. The highest BCUT2D eigenvalue weighted by Crippen LogP contribution is 2.22. The Labute approximate surface area is 141 Å². The van der Waals surface area contributed by atoms with Crippen LogP contribution in [0.2, 0.25) is 0 Å². The van der Waals surface area contributed by atoms with E-state index in [0.29, 0.717) is 23.0 Å². The van der Waals surface area contributed by atoms with Crippen molar-refractivity contribution in [2.75, 3.05) is 0 Å². The van der Waals surface area contributed by atoms with Gasteiger partial charge in [-0.15, -0.1) is 0 Å². The number of rotatable bonds is 6. The molecule has 0 saturated carbocycles. The lowest BCUT2D eigenvalue weighted by atomic mass is 9.97. The van der Waals surface area contributed by atoms with Gasteiger partial charge in [0.2, 0.25) is 0 Å². The molecule has 1 heterocycles. The summed E-state index contributed by atoms with van der Waals surface area (Å²) in [4.78, 5) is 23.6. The second-order valence-electron chi connectivity index (χ2n) is 6.27. The van der Waals surface area contributed by atoms with Crippen LogP contribution in [0, 0.1) is 13.8 Å². The standard InChI is InChI=1S/C19H23NO4/c1-11(2)14-5-7-15(8-6-14)17(10-18(21)22)20-19(23)16-9-12(3)24-13(16)4/h5-9,11,17H,10H2,1-4H3,(H,20,23)(H,21,22). The number of furan rings is 1. The molecule has 0 aliphatic carbocycles. The van der Waals surface area contributed by atoms with Crippen LogP contribution in [0.4, 0.5) is 0 Å². The Kier molecular flexibility index (Phi) is 5.44. The van der Waals surface area contributed by atoms with E-state index in [1.807, 2.05) is 24.3 Å². The normalized spacial score (nSPS) is 12.2. The summed E-state index contributed by atoms with van der Waals surface area (Å²) in [6, 6.07) is 8.74. The Morgan fingerprint density at radius 1 is 1.12 bits per heavy atom. The highest BCUT2D eigenvalue weighted by atomic mass is 16.4. The van der Waals surface area contributed by atoms with Gasteiger partial charge in [0.1, 0.15) is 11.5 Å². The van der Waals surface area contributed by atoms with E-state index in [4.69, 9.17) is 9.52 Å². The van der Waals surface area contributed by atoms with Crippen molar-refractivity contribution in [1.29, 1.82) is 0 Å². The maximum absolute atomic E-state index is 12.5. The van der Waals surface area contributed by atoms with Gasteiger partial charge in [0.25, 0.3) is 5.91 Å². The Hall–Kier alpha value is -2.56. The first-order chi connectivity index (χ1) is 11.3. The molecule has 0 fully saturated rings. The average molecular weight is 329 g/mol. The van der Waals surface area contributed by atoms with Gasteiger partial charge < -0.3 is 14.8 Å². The predicted octanol–water partition coefficient (Wildman–Crippen LogP) is 3.97. The molecular formula is C19H23NO4. The Morgan fingerprint density at radius 3 is 2.17 bits per heavy atom. The first-order valence-electron chi connectivity index (χ1n) is 7.97. The van der Waals surface area contributed by atoms with Crippen LogP contribution in [0.3, 0.4) is 0 Å². The van der Waals surface area contributed by atoms with Crippen LogP contribution in [0.15, 0.2) is 34.7 Å². The zero-order chi connectivity index (χ0) is 17.9. The zero-order valence-corrected chi connectivity index (χ0v) is 14.4. The van der Waals surface area contributed by atoms with Crippen molar-refractivity contribution in [1.82, 2.24) is 5.32 Å². The predicted molar refractivity (Wildman–Crippen MR) is 91.2 cm³/mol. The van der Waals surface area contributed by atoms with Gasteiger partial charge in [0, 0.05) is 0 Å². The molecule has 1 amide bonds. The van der Waals surface area contributed by atoms with Crippen LogP contribution in [0.25, 0.3) is 0 Å². The second kappa shape index (κ2) is 7.34. The summed E-state index contributed by atoms with van der Waals surface area (Å²) in [7, 11) is 0. The maximum Gasteiger partial charge on any atom is 0.305 e. The molecule has 1 atom stereocenters. The number of carbonyl (C=O) groups excluding carboxylic acids is 1. The summed E-state index contributed by atoms with van der Waals surface area (Å²) in [5.41, 5.74) is 2.37. The summed E-state index contributed by atoms with van der Waals surface area (Å²) in [6.45, 7) is 7.67. The number of benzene rings is 1. The van der Waals surface area contributed by atoms with E-state index >= 15 is 0 Å². The number of aliphatic carboxylic acids is 1. The number of aryl methyl sites for hydroxylation is 2. The molecule has 0 aliphatic heterocycles. The van der Waals surface area contributed by atoms with E-state index in [2.05, 4.69) is 19.2 Å². The van der Waals surface area contributed by atoms with Gasteiger partial charge in [-0.05, 0) is 37.0 Å². The fourth-order valence-corrected chi connectivity index (χ4v) is 2.63. The lowest BCUT2D eigenvalue weighted by Gasteiger charge is -2.18. The van der Waals surface area contributed by atoms with Crippen LogP contribution >= 0.6 is 0 Å². The molecule has 0 bridgehead atoms. The van der Waals surface area contributed by atoms with E-state index in [-0.39, 0.29) is 12.3 Å². The Balaban J connectivity index is 2.23. The third-order valence-corrected chi connectivity index (χ3v) is 3.98. The third-order valence-electron chi connectivity index (χ3n) is 3.98. The van der Waals surface area contributed by atoms with Crippen molar-refractivity contribution in [3.05, 3.63) is 58.5 Å². The smallest absolute Gasteiger partial charge is 0.305 e. The minimum atomic E-state index is -0.965. The van der Waals surface area contributed by atoms with Gasteiger partial charge in [-0.1, -0.05) is 38.1 Å². The molecule has 1 unspecified atom stereocenters. The van der Waals surface area contributed by atoms with Crippen molar-refractivity contribution in [2.24, 2.45) is 0 Å². The zero-order valence-electron chi connectivity index (χ0n) is 14.4. The van der Waals surface area contributed by atoms with E-state index in [1.54, 1.807) is 19.9 Å². The van der Waals surface area contributed by atoms with E-state index < -0.39 is 12.0 Å². The van der Waals surface area contributed by atoms with Crippen LogP contribution in [-0.4, -0.2) is 17.0 Å². The molecule has 24 heavy (non-hydrogen) atoms. The number of carbonyl (C=O) groups is 2. The molecule has 2 N–H and O–H groups in total. The average Bonchev–Trinajstić information content (AvgIpc) is 2.85. The van der Waals surface area contributed by atoms with Crippen LogP contribution in [0.1, 0.15) is 65.2 Å². The van der Waals surface area contributed by atoms with Crippen LogP contribution in [0.5, 0.6) is 0 Å². The van der Waals surface area contributed by atoms with Crippen molar-refractivity contribution in [2.45, 2.75) is 46.1 Å². The van der Waals surface area contributed by atoms with Crippen molar-refractivity contribution in [3.63, 3.8) is 0 Å². The Bertz CT molecular complexity index is 728. The number of carboxylic acid groups (broad SMARTS) is 1. The van der Waals surface area contributed by atoms with Gasteiger partial charge in [-0.2, -0.15) is 0 Å². The lowest BCUT2D eigenvalue weighted by molar-refractivity contribution is -0.137. The second-order valence-corrected chi connectivity index (χ2v) is 6.27. The summed E-state index contributed by atoms with van der Waals surface area (Å²) >= 11 is 0. The summed E-state index contributed by atoms with van der Waals surface area (Å²) < 4.78 is 5.37. The van der Waals surface area contributed by atoms with Gasteiger partial charge in [-0.3, -0.25) is 9.59 Å². The highest BCUT2D eigenvalue weighted by molar-refractivity contribution is 5.95. The number of hydrogen-bond acceptors (Lipinski definition) is 3. The third kappa shape index (κ3) is 4.25. The highest BCUT2D eigenvalue weighted by Gasteiger charge is 2.21. The van der Waals surface area contributed by atoms with E-state index in [1.165, 1.54) is 5.56 Å². The topological polar surface area (TPSA) is 79.5 Å². The number of carboxylic acids is 1. The fourth-order valence-electron chi connectivity index (χ4n) is 2.63. The monoisotopic (exact) mass is 329 g/mol. The van der Waals surface area contributed by atoms with Crippen molar-refractivity contribution < 1.29 is 19.1 Å². The number of nitrogens with one attached hydrogen (secondary N) is 1. The van der Waals surface area contributed by atoms with Crippen LogP contribution < -0.4 is 5.32 Å². The first-order valence-corrected chi connectivity index (χ1v) is 7.97. The molecule has 0 aliphatic rings. The quantitative estimate of drug-likeness (QED) is 0.840. The molecule has 0 spiro atoms. The molecule has 5 nitrogen and oxygen atoms in total.